The van der Waals surface area contributed by atoms with Crippen LogP contribution < -0.4 is 5.32 Å². The number of hydrogen-bond acceptors (Lipinski definition) is 3. The molecule has 0 spiro atoms. The molecule has 0 aromatic carbocycles. The molecule has 0 bridgehead atoms. The number of thiazole rings is 1. The fourth-order valence-electron chi connectivity index (χ4n) is 1.09. The second-order valence-corrected chi connectivity index (χ2v) is 3.82. The van der Waals surface area contributed by atoms with Crippen molar-refractivity contribution in [2.75, 3.05) is 7.05 Å². The van der Waals surface area contributed by atoms with E-state index in [2.05, 4.69) is 16.9 Å². The highest BCUT2D eigenvalue weighted by Crippen LogP contribution is 2.22. The van der Waals surface area contributed by atoms with Crippen LogP contribution in [0.25, 0.3) is 0 Å². The topological polar surface area (TPSA) is 24.9 Å². The Labute approximate surface area is 77.3 Å². The molecule has 1 aromatic heterocycles. The lowest BCUT2D eigenvalue weighted by Gasteiger charge is -2.13. The summed E-state index contributed by atoms with van der Waals surface area (Å²) in [5.41, 5.74) is 3.06. The van der Waals surface area contributed by atoms with Gasteiger partial charge in [0.05, 0.1) is 5.51 Å². The van der Waals surface area contributed by atoms with Crippen molar-refractivity contribution in [1.82, 2.24) is 10.3 Å². The molecule has 0 aliphatic heterocycles. The smallest absolute Gasteiger partial charge is 0.0794 e. The minimum absolute atomic E-state index is 0.384. The molecular formula is C9H14N2S. The van der Waals surface area contributed by atoms with Crippen LogP contribution in [0.5, 0.6) is 0 Å². The summed E-state index contributed by atoms with van der Waals surface area (Å²) in [5.74, 6) is 0. The van der Waals surface area contributed by atoms with Gasteiger partial charge in [0.15, 0.2) is 0 Å². The minimum atomic E-state index is 0.384. The van der Waals surface area contributed by atoms with Crippen molar-refractivity contribution in [2.45, 2.75) is 19.4 Å². The number of aromatic nitrogens is 1. The first-order chi connectivity index (χ1) is 5.74. The highest BCUT2D eigenvalue weighted by molar-refractivity contribution is 7.09. The van der Waals surface area contributed by atoms with Gasteiger partial charge in [-0.25, -0.2) is 0 Å². The van der Waals surface area contributed by atoms with Gasteiger partial charge >= 0.3 is 0 Å². The maximum Gasteiger partial charge on any atom is 0.0794 e. The van der Waals surface area contributed by atoms with Crippen molar-refractivity contribution in [3.63, 3.8) is 0 Å². The maximum absolute atomic E-state index is 4.05. The van der Waals surface area contributed by atoms with Crippen LogP contribution >= 0.6 is 11.3 Å². The van der Waals surface area contributed by atoms with Crippen LogP contribution in [0.3, 0.4) is 0 Å². The second-order valence-electron chi connectivity index (χ2n) is 2.91. The van der Waals surface area contributed by atoms with Crippen LogP contribution in [0.15, 0.2) is 23.9 Å². The monoisotopic (exact) mass is 182 g/mol. The third-order valence-electron chi connectivity index (χ3n) is 1.70. The molecule has 0 fully saturated rings. The van der Waals surface area contributed by atoms with Crippen LogP contribution in [0, 0.1) is 0 Å². The summed E-state index contributed by atoms with van der Waals surface area (Å²) in [6.45, 7) is 5.94. The van der Waals surface area contributed by atoms with Crippen LogP contribution in [-0.4, -0.2) is 12.0 Å². The fourth-order valence-corrected chi connectivity index (χ4v) is 1.82. The SMILES string of the molecule is C=C(C)CC(NC)c1cncs1. The first-order valence-corrected chi connectivity index (χ1v) is 4.82. The molecule has 0 aliphatic rings. The Morgan fingerprint density at radius 1 is 1.83 bits per heavy atom. The van der Waals surface area contributed by atoms with Gasteiger partial charge in [-0.15, -0.1) is 17.9 Å². The Morgan fingerprint density at radius 2 is 2.58 bits per heavy atom. The summed E-state index contributed by atoms with van der Waals surface area (Å²) in [7, 11) is 1.97. The molecule has 1 N–H and O–H groups in total. The van der Waals surface area contributed by atoms with Crippen LogP contribution in [-0.2, 0) is 0 Å². The first kappa shape index (κ1) is 9.42. The van der Waals surface area contributed by atoms with E-state index < -0.39 is 0 Å². The normalized spacial score (nSPS) is 12.8. The van der Waals surface area contributed by atoms with E-state index in [0.29, 0.717) is 6.04 Å². The average Bonchev–Trinajstić information content (AvgIpc) is 2.51. The molecule has 1 unspecified atom stereocenters. The van der Waals surface area contributed by atoms with Crippen molar-refractivity contribution < 1.29 is 0 Å². The number of nitrogens with zero attached hydrogens (tertiary/aromatic N) is 1. The van der Waals surface area contributed by atoms with Crippen LogP contribution in [0.2, 0.25) is 0 Å². The van der Waals surface area contributed by atoms with E-state index in [4.69, 9.17) is 0 Å². The standard InChI is InChI=1S/C9H14N2S/c1-7(2)4-8(10-3)9-5-11-6-12-9/h5-6,8,10H,1,4H2,2-3H3. The van der Waals surface area contributed by atoms with Crippen molar-refractivity contribution >= 4 is 11.3 Å². The van der Waals surface area contributed by atoms with Gasteiger partial charge in [0, 0.05) is 17.1 Å². The van der Waals surface area contributed by atoms with Gasteiger partial charge in [-0.3, -0.25) is 4.98 Å². The molecule has 1 rings (SSSR count). The number of hydrogen-bond donors (Lipinski definition) is 1. The van der Waals surface area contributed by atoms with Gasteiger partial charge in [0.1, 0.15) is 0 Å². The summed E-state index contributed by atoms with van der Waals surface area (Å²) in [6.07, 6.45) is 2.90. The van der Waals surface area contributed by atoms with Crippen molar-refractivity contribution in [1.29, 1.82) is 0 Å². The third kappa shape index (κ3) is 2.43. The van der Waals surface area contributed by atoms with Crippen molar-refractivity contribution in [3.05, 3.63) is 28.7 Å². The molecule has 2 nitrogen and oxygen atoms in total. The average molecular weight is 182 g/mol. The van der Waals surface area contributed by atoms with Gasteiger partial charge < -0.3 is 5.32 Å². The Morgan fingerprint density at radius 3 is 3.00 bits per heavy atom. The van der Waals surface area contributed by atoms with Crippen LogP contribution in [0.1, 0.15) is 24.3 Å². The highest BCUT2D eigenvalue weighted by Gasteiger charge is 2.09. The lowest BCUT2D eigenvalue weighted by molar-refractivity contribution is 0.599. The zero-order valence-corrected chi connectivity index (χ0v) is 8.32. The molecular weight excluding hydrogens is 168 g/mol. The van der Waals surface area contributed by atoms with Gasteiger partial charge in [0.25, 0.3) is 0 Å². The van der Waals surface area contributed by atoms with E-state index in [1.54, 1.807) is 11.3 Å². The number of rotatable bonds is 4. The molecule has 3 heteroatoms. The van der Waals surface area contributed by atoms with Crippen molar-refractivity contribution in [3.8, 4) is 0 Å². The molecule has 0 saturated carbocycles. The lowest BCUT2D eigenvalue weighted by Crippen LogP contribution is -2.15. The van der Waals surface area contributed by atoms with Gasteiger partial charge in [0.2, 0.25) is 0 Å². The molecule has 0 aliphatic carbocycles. The maximum atomic E-state index is 4.05. The van der Waals surface area contributed by atoms with E-state index in [1.165, 1.54) is 10.5 Å². The Balaban J connectivity index is 2.63. The molecule has 0 amide bonds. The number of nitrogens with one attached hydrogen (secondary N) is 1. The molecule has 0 saturated heterocycles. The Hall–Kier alpha value is -0.670. The van der Waals surface area contributed by atoms with E-state index in [1.807, 2.05) is 25.7 Å². The zero-order chi connectivity index (χ0) is 8.97. The fraction of sp³-hybridized carbons (Fsp3) is 0.444. The molecule has 1 heterocycles. The minimum Gasteiger partial charge on any atom is -0.312 e. The summed E-state index contributed by atoms with van der Waals surface area (Å²) in [5, 5.41) is 3.25. The first-order valence-electron chi connectivity index (χ1n) is 3.94. The van der Waals surface area contributed by atoms with Gasteiger partial charge in [-0.05, 0) is 20.4 Å². The van der Waals surface area contributed by atoms with E-state index in [9.17, 15) is 0 Å². The zero-order valence-electron chi connectivity index (χ0n) is 7.50. The Kier molecular flexibility index (Phi) is 3.44. The van der Waals surface area contributed by atoms with E-state index in [0.717, 1.165) is 6.42 Å². The second kappa shape index (κ2) is 4.38. The molecule has 0 radical (unpaired) electrons. The summed E-state index contributed by atoms with van der Waals surface area (Å²) in [6, 6.07) is 0.384. The molecule has 1 atom stereocenters. The predicted molar refractivity (Wildman–Crippen MR) is 53.3 cm³/mol. The quantitative estimate of drug-likeness (QED) is 0.723. The van der Waals surface area contributed by atoms with Gasteiger partial charge in [-0.2, -0.15) is 0 Å². The third-order valence-corrected chi connectivity index (χ3v) is 2.59. The highest BCUT2D eigenvalue weighted by atomic mass is 32.1. The van der Waals surface area contributed by atoms with Crippen molar-refractivity contribution in [2.24, 2.45) is 0 Å². The van der Waals surface area contributed by atoms with Gasteiger partial charge in [-0.1, -0.05) is 5.57 Å². The predicted octanol–water partition coefficient (Wildman–Crippen LogP) is 2.37. The summed E-state index contributed by atoms with van der Waals surface area (Å²) < 4.78 is 0. The van der Waals surface area contributed by atoms with E-state index >= 15 is 0 Å². The molecule has 12 heavy (non-hydrogen) atoms. The summed E-state index contributed by atoms with van der Waals surface area (Å²) in [4.78, 5) is 5.33. The molecule has 66 valence electrons. The molecule has 1 aromatic rings. The lowest BCUT2D eigenvalue weighted by atomic mass is 10.1. The largest absolute Gasteiger partial charge is 0.312 e. The Bertz CT molecular complexity index is 241. The van der Waals surface area contributed by atoms with E-state index in [-0.39, 0.29) is 0 Å². The van der Waals surface area contributed by atoms with Crippen LogP contribution in [0.4, 0.5) is 0 Å². The summed E-state index contributed by atoms with van der Waals surface area (Å²) >= 11 is 1.68.